The quantitative estimate of drug-likeness (QED) is 0.843. The molecule has 2 N–H and O–H groups in total. The van der Waals surface area contributed by atoms with Crippen molar-refractivity contribution < 1.29 is 9.59 Å². The van der Waals surface area contributed by atoms with Gasteiger partial charge in [-0.2, -0.15) is 5.10 Å². The Labute approximate surface area is 124 Å². The van der Waals surface area contributed by atoms with Crippen molar-refractivity contribution in [1.82, 2.24) is 19.6 Å². The minimum Gasteiger partial charge on any atom is -0.341 e. The summed E-state index contributed by atoms with van der Waals surface area (Å²) in [4.78, 5) is 27.8. The van der Waals surface area contributed by atoms with Gasteiger partial charge in [-0.1, -0.05) is 6.92 Å². The van der Waals surface area contributed by atoms with E-state index in [0.29, 0.717) is 38.2 Å². The number of hydrogen-bond donors (Lipinski definition) is 1. The molecule has 1 atom stereocenters. The fourth-order valence-corrected chi connectivity index (χ4v) is 2.55. The topological polar surface area (TPSA) is 84.5 Å². The van der Waals surface area contributed by atoms with Gasteiger partial charge in [0, 0.05) is 51.4 Å². The first-order valence-electron chi connectivity index (χ1n) is 7.33. The standard InChI is InChI=1S/C14H23N5O2/c1-3-12(20)18-5-4-6-19(8-7-18)14(21)13(15)11-9-16-17(2)10-11/h9-10,13H,3-8,15H2,1-2H3. The van der Waals surface area contributed by atoms with Crippen LogP contribution in [-0.4, -0.2) is 57.6 Å². The number of carbonyl (C=O) groups excluding carboxylic acids is 2. The van der Waals surface area contributed by atoms with E-state index in [9.17, 15) is 9.59 Å². The monoisotopic (exact) mass is 293 g/mol. The molecule has 0 radical (unpaired) electrons. The maximum Gasteiger partial charge on any atom is 0.244 e. The van der Waals surface area contributed by atoms with Crippen molar-refractivity contribution in [3.05, 3.63) is 18.0 Å². The molecular formula is C14H23N5O2. The smallest absolute Gasteiger partial charge is 0.244 e. The van der Waals surface area contributed by atoms with Gasteiger partial charge in [-0.3, -0.25) is 14.3 Å². The fourth-order valence-electron chi connectivity index (χ4n) is 2.55. The maximum atomic E-state index is 12.5. The molecule has 7 heteroatoms. The first-order chi connectivity index (χ1) is 10.0. The third kappa shape index (κ3) is 3.60. The summed E-state index contributed by atoms with van der Waals surface area (Å²) in [5.74, 6) is 0.0367. The first-order valence-corrected chi connectivity index (χ1v) is 7.33. The second kappa shape index (κ2) is 6.71. The number of nitrogens with zero attached hydrogens (tertiary/aromatic N) is 4. The van der Waals surface area contributed by atoms with E-state index in [-0.39, 0.29) is 11.8 Å². The predicted molar refractivity (Wildman–Crippen MR) is 78.2 cm³/mol. The van der Waals surface area contributed by atoms with Crippen molar-refractivity contribution in [3.63, 3.8) is 0 Å². The number of hydrogen-bond acceptors (Lipinski definition) is 4. The molecule has 1 aromatic heterocycles. The van der Waals surface area contributed by atoms with Gasteiger partial charge in [-0.25, -0.2) is 0 Å². The number of nitrogens with two attached hydrogens (primary N) is 1. The van der Waals surface area contributed by atoms with Crippen LogP contribution in [0.5, 0.6) is 0 Å². The maximum absolute atomic E-state index is 12.5. The normalized spacial score (nSPS) is 17.5. The van der Waals surface area contributed by atoms with Crippen LogP contribution in [0.15, 0.2) is 12.4 Å². The van der Waals surface area contributed by atoms with E-state index in [1.807, 2.05) is 11.8 Å². The number of rotatable bonds is 3. The lowest BCUT2D eigenvalue weighted by atomic mass is 10.1. The Balaban J connectivity index is 1.98. The van der Waals surface area contributed by atoms with Crippen molar-refractivity contribution in [3.8, 4) is 0 Å². The van der Waals surface area contributed by atoms with Crippen LogP contribution < -0.4 is 5.73 Å². The summed E-state index contributed by atoms with van der Waals surface area (Å²) in [6.45, 7) is 4.32. The zero-order valence-electron chi connectivity index (χ0n) is 12.7. The molecule has 0 saturated carbocycles. The molecule has 1 unspecified atom stereocenters. The molecule has 0 bridgehead atoms. The van der Waals surface area contributed by atoms with Crippen LogP contribution in [0.4, 0.5) is 0 Å². The average Bonchev–Trinajstić information content (AvgIpc) is 2.77. The number of aryl methyl sites for hydroxylation is 1. The average molecular weight is 293 g/mol. The van der Waals surface area contributed by atoms with Gasteiger partial charge in [0.1, 0.15) is 6.04 Å². The van der Waals surface area contributed by atoms with E-state index >= 15 is 0 Å². The predicted octanol–water partition coefficient (Wildman–Crippen LogP) is -0.109. The summed E-state index contributed by atoms with van der Waals surface area (Å²) in [6, 6.07) is -0.688. The molecule has 116 valence electrons. The van der Waals surface area contributed by atoms with Gasteiger partial charge in [-0.15, -0.1) is 0 Å². The fraction of sp³-hybridized carbons (Fsp3) is 0.643. The van der Waals surface area contributed by atoms with Crippen LogP contribution in [0.1, 0.15) is 31.4 Å². The summed E-state index contributed by atoms with van der Waals surface area (Å²) < 4.78 is 1.63. The molecule has 2 heterocycles. The molecule has 0 aromatic carbocycles. The molecule has 21 heavy (non-hydrogen) atoms. The Bertz CT molecular complexity index is 513. The van der Waals surface area contributed by atoms with E-state index in [2.05, 4.69) is 5.10 Å². The lowest BCUT2D eigenvalue weighted by molar-refractivity contribution is -0.134. The molecule has 7 nitrogen and oxygen atoms in total. The molecule has 2 amide bonds. The Hall–Kier alpha value is -1.89. The molecule has 0 spiro atoms. The van der Waals surface area contributed by atoms with E-state index < -0.39 is 6.04 Å². The second-order valence-electron chi connectivity index (χ2n) is 5.34. The van der Waals surface area contributed by atoms with Gasteiger partial charge < -0.3 is 15.5 Å². The Morgan fingerprint density at radius 1 is 1.29 bits per heavy atom. The molecule has 0 aliphatic carbocycles. The van der Waals surface area contributed by atoms with E-state index in [0.717, 1.165) is 6.42 Å². The van der Waals surface area contributed by atoms with Crippen molar-refractivity contribution in [2.75, 3.05) is 26.2 Å². The lowest BCUT2D eigenvalue weighted by Gasteiger charge is -2.24. The van der Waals surface area contributed by atoms with Crippen LogP contribution in [0, 0.1) is 0 Å². The minimum absolute atomic E-state index is 0.103. The van der Waals surface area contributed by atoms with Crippen LogP contribution >= 0.6 is 0 Å². The minimum atomic E-state index is -0.688. The highest BCUT2D eigenvalue weighted by Gasteiger charge is 2.26. The molecule has 1 aliphatic heterocycles. The number of aromatic nitrogens is 2. The van der Waals surface area contributed by atoms with E-state index in [1.165, 1.54) is 0 Å². The molecule has 2 rings (SSSR count). The molecule has 1 saturated heterocycles. The van der Waals surface area contributed by atoms with Gasteiger partial charge in [0.2, 0.25) is 11.8 Å². The summed E-state index contributed by atoms with van der Waals surface area (Å²) >= 11 is 0. The number of amides is 2. The van der Waals surface area contributed by atoms with Gasteiger partial charge in [0.05, 0.1) is 6.20 Å². The molecular weight excluding hydrogens is 270 g/mol. The van der Waals surface area contributed by atoms with Crippen LogP contribution in [-0.2, 0) is 16.6 Å². The van der Waals surface area contributed by atoms with Gasteiger partial charge in [0.15, 0.2) is 0 Å². The van der Waals surface area contributed by atoms with Crippen molar-refractivity contribution >= 4 is 11.8 Å². The van der Waals surface area contributed by atoms with Crippen molar-refractivity contribution in [2.45, 2.75) is 25.8 Å². The molecule has 1 fully saturated rings. The third-order valence-corrected chi connectivity index (χ3v) is 3.81. The van der Waals surface area contributed by atoms with Crippen LogP contribution in [0.3, 0.4) is 0 Å². The largest absolute Gasteiger partial charge is 0.341 e. The Morgan fingerprint density at radius 2 is 1.95 bits per heavy atom. The van der Waals surface area contributed by atoms with E-state index in [1.54, 1.807) is 29.0 Å². The van der Waals surface area contributed by atoms with Crippen LogP contribution in [0.25, 0.3) is 0 Å². The first kappa shape index (κ1) is 15.5. The van der Waals surface area contributed by atoms with Crippen LogP contribution in [0.2, 0.25) is 0 Å². The third-order valence-electron chi connectivity index (χ3n) is 3.81. The summed E-state index contributed by atoms with van der Waals surface area (Å²) in [5.41, 5.74) is 6.75. The highest BCUT2D eigenvalue weighted by molar-refractivity contribution is 5.83. The zero-order valence-corrected chi connectivity index (χ0v) is 12.7. The van der Waals surface area contributed by atoms with Gasteiger partial charge in [0.25, 0.3) is 0 Å². The van der Waals surface area contributed by atoms with E-state index in [4.69, 9.17) is 5.73 Å². The van der Waals surface area contributed by atoms with Gasteiger partial charge >= 0.3 is 0 Å². The highest BCUT2D eigenvalue weighted by Crippen LogP contribution is 2.14. The molecule has 1 aromatic rings. The summed E-state index contributed by atoms with van der Waals surface area (Å²) in [6.07, 6.45) is 4.67. The van der Waals surface area contributed by atoms with Gasteiger partial charge in [-0.05, 0) is 6.42 Å². The lowest BCUT2D eigenvalue weighted by Crippen LogP contribution is -2.41. The second-order valence-corrected chi connectivity index (χ2v) is 5.34. The SMILES string of the molecule is CCC(=O)N1CCCN(C(=O)C(N)c2cnn(C)c2)CC1. The Kier molecular flexibility index (Phi) is 4.95. The zero-order chi connectivity index (χ0) is 15.4. The molecule has 1 aliphatic rings. The summed E-state index contributed by atoms with van der Waals surface area (Å²) in [5, 5.41) is 4.04. The number of carbonyl (C=O) groups is 2. The van der Waals surface area contributed by atoms with Crippen molar-refractivity contribution in [2.24, 2.45) is 12.8 Å². The summed E-state index contributed by atoms with van der Waals surface area (Å²) in [7, 11) is 1.79. The Morgan fingerprint density at radius 3 is 2.57 bits per heavy atom. The highest BCUT2D eigenvalue weighted by atomic mass is 16.2. The van der Waals surface area contributed by atoms with Crippen molar-refractivity contribution in [1.29, 1.82) is 0 Å².